The van der Waals surface area contributed by atoms with E-state index in [1.807, 2.05) is 49.1 Å². The van der Waals surface area contributed by atoms with E-state index in [4.69, 9.17) is 4.74 Å². The number of rotatable bonds is 2. The molecule has 0 bridgehead atoms. The number of likely N-dealkylation sites (tertiary alicyclic amines) is 1. The molecule has 2 saturated heterocycles. The number of amides is 2. The molecule has 1 aromatic carbocycles. The lowest BCUT2D eigenvalue weighted by Crippen LogP contribution is -2.62. The molecule has 1 unspecified atom stereocenters. The fraction of sp³-hybridized carbons (Fsp3) is 0.450. The lowest BCUT2D eigenvalue weighted by Gasteiger charge is -2.47. The van der Waals surface area contributed by atoms with Crippen LogP contribution in [0.5, 0.6) is 0 Å². The van der Waals surface area contributed by atoms with Crippen LogP contribution in [-0.4, -0.2) is 53.5 Å². The van der Waals surface area contributed by atoms with Crippen LogP contribution >= 0.6 is 11.3 Å². The number of morpholine rings is 1. The predicted octanol–water partition coefficient (Wildman–Crippen LogP) is 2.80. The summed E-state index contributed by atoms with van der Waals surface area (Å²) in [5.74, 6) is -0.0202. The Morgan fingerprint density at radius 3 is 2.70 bits per heavy atom. The zero-order valence-corrected chi connectivity index (χ0v) is 16.4. The molecule has 0 aliphatic carbocycles. The summed E-state index contributed by atoms with van der Waals surface area (Å²) in [6.45, 7) is 5.53. The summed E-state index contributed by atoms with van der Waals surface area (Å²) in [6, 6.07) is 9.66. The standard InChI is InChI=1S/C20H23N3O3S/c1-14-18(27-15(2)21-14)19(25)22-10-6-9-20(12-22)13-23(17(24)11-26-20)16-7-4-3-5-8-16/h3-5,7-8H,6,9-13H2,1-2H3. The lowest BCUT2D eigenvalue weighted by molar-refractivity contribution is -0.144. The molecule has 142 valence electrons. The number of nitrogens with zero attached hydrogens (tertiary/aromatic N) is 3. The number of piperidine rings is 1. The summed E-state index contributed by atoms with van der Waals surface area (Å²) < 4.78 is 6.02. The molecule has 7 heteroatoms. The Balaban J connectivity index is 1.55. The zero-order chi connectivity index (χ0) is 19.0. The monoisotopic (exact) mass is 385 g/mol. The van der Waals surface area contributed by atoms with Crippen LogP contribution in [0, 0.1) is 13.8 Å². The second-order valence-corrected chi connectivity index (χ2v) is 8.47. The van der Waals surface area contributed by atoms with Crippen LogP contribution in [0.2, 0.25) is 0 Å². The number of ether oxygens (including phenoxy) is 1. The first-order valence-electron chi connectivity index (χ1n) is 9.20. The Labute approximate surface area is 162 Å². The fourth-order valence-electron chi connectivity index (χ4n) is 3.95. The van der Waals surface area contributed by atoms with Gasteiger partial charge >= 0.3 is 0 Å². The second kappa shape index (κ2) is 7.05. The maximum Gasteiger partial charge on any atom is 0.265 e. The summed E-state index contributed by atoms with van der Waals surface area (Å²) >= 11 is 1.44. The van der Waals surface area contributed by atoms with Crippen molar-refractivity contribution < 1.29 is 14.3 Å². The van der Waals surface area contributed by atoms with Crippen molar-refractivity contribution in [2.45, 2.75) is 32.3 Å². The molecule has 27 heavy (non-hydrogen) atoms. The predicted molar refractivity (Wildman–Crippen MR) is 104 cm³/mol. The number of aryl methyl sites for hydroxylation is 2. The summed E-state index contributed by atoms with van der Waals surface area (Å²) in [7, 11) is 0. The van der Waals surface area contributed by atoms with Crippen molar-refractivity contribution in [1.29, 1.82) is 0 Å². The van der Waals surface area contributed by atoms with E-state index in [9.17, 15) is 9.59 Å². The van der Waals surface area contributed by atoms with Gasteiger partial charge in [0, 0.05) is 12.2 Å². The van der Waals surface area contributed by atoms with Crippen molar-refractivity contribution in [2.75, 3.05) is 31.1 Å². The van der Waals surface area contributed by atoms with Gasteiger partial charge < -0.3 is 14.5 Å². The molecular formula is C20H23N3O3S. The van der Waals surface area contributed by atoms with E-state index in [1.165, 1.54) is 11.3 Å². The van der Waals surface area contributed by atoms with Crippen molar-refractivity contribution in [3.8, 4) is 0 Å². The Morgan fingerprint density at radius 1 is 1.22 bits per heavy atom. The molecule has 1 spiro atoms. The van der Waals surface area contributed by atoms with Gasteiger partial charge in [-0.25, -0.2) is 4.98 Å². The summed E-state index contributed by atoms with van der Waals surface area (Å²) in [5, 5.41) is 0.900. The van der Waals surface area contributed by atoms with Crippen LogP contribution in [0.3, 0.4) is 0 Å². The zero-order valence-electron chi connectivity index (χ0n) is 15.6. The summed E-state index contributed by atoms with van der Waals surface area (Å²) in [4.78, 5) is 34.2. The fourth-order valence-corrected chi connectivity index (χ4v) is 4.84. The minimum absolute atomic E-state index is 0.0175. The topological polar surface area (TPSA) is 62.7 Å². The van der Waals surface area contributed by atoms with Gasteiger partial charge in [-0.3, -0.25) is 9.59 Å². The van der Waals surface area contributed by atoms with E-state index in [1.54, 1.807) is 4.90 Å². The Bertz CT molecular complexity index is 867. The number of anilines is 1. The van der Waals surface area contributed by atoms with E-state index >= 15 is 0 Å². The highest BCUT2D eigenvalue weighted by atomic mass is 32.1. The van der Waals surface area contributed by atoms with Crippen molar-refractivity contribution >= 4 is 28.8 Å². The highest BCUT2D eigenvalue weighted by Crippen LogP contribution is 2.33. The van der Waals surface area contributed by atoms with E-state index in [-0.39, 0.29) is 18.4 Å². The van der Waals surface area contributed by atoms with Gasteiger partial charge in [0.25, 0.3) is 11.8 Å². The van der Waals surface area contributed by atoms with E-state index < -0.39 is 5.60 Å². The Hall–Kier alpha value is -2.25. The Morgan fingerprint density at radius 2 is 2.00 bits per heavy atom. The number of para-hydroxylation sites is 1. The normalized spacial score (nSPS) is 23.1. The number of thiazole rings is 1. The number of carbonyl (C=O) groups is 2. The molecule has 2 aliphatic heterocycles. The molecule has 6 nitrogen and oxygen atoms in total. The smallest absolute Gasteiger partial charge is 0.265 e. The number of hydrogen-bond donors (Lipinski definition) is 0. The number of carbonyl (C=O) groups excluding carboxylic acids is 2. The van der Waals surface area contributed by atoms with Gasteiger partial charge in [-0.2, -0.15) is 0 Å². The van der Waals surface area contributed by atoms with Gasteiger partial charge in [0.05, 0.1) is 23.8 Å². The first-order chi connectivity index (χ1) is 13.0. The van der Waals surface area contributed by atoms with E-state index in [0.717, 1.165) is 29.2 Å². The van der Waals surface area contributed by atoms with Gasteiger partial charge in [0.1, 0.15) is 17.1 Å². The third-order valence-electron chi connectivity index (χ3n) is 5.24. The summed E-state index contributed by atoms with van der Waals surface area (Å²) in [6.07, 6.45) is 1.70. The SMILES string of the molecule is Cc1nc(C)c(C(=O)N2CCCC3(C2)CN(c2ccccc2)C(=O)CO3)s1. The molecule has 1 atom stereocenters. The molecule has 0 radical (unpaired) electrons. The number of hydrogen-bond acceptors (Lipinski definition) is 5. The van der Waals surface area contributed by atoms with E-state index in [2.05, 4.69) is 4.98 Å². The van der Waals surface area contributed by atoms with Crippen LogP contribution in [0.4, 0.5) is 5.69 Å². The second-order valence-electron chi connectivity index (χ2n) is 7.26. The Kier molecular flexibility index (Phi) is 4.74. The van der Waals surface area contributed by atoms with E-state index in [0.29, 0.717) is 24.5 Å². The molecule has 2 fully saturated rings. The average molecular weight is 385 g/mol. The van der Waals surface area contributed by atoms with Crippen molar-refractivity contribution in [1.82, 2.24) is 9.88 Å². The molecule has 2 aromatic rings. The van der Waals surface area contributed by atoms with Crippen molar-refractivity contribution in [2.24, 2.45) is 0 Å². The van der Waals surface area contributed by atoms with Crippen LogP contribution in [0.25, 0.3) is 0 Å². The first-order valence-corrected chi connectivity index (χ1v) is 10.0. The molecule has 0 N–H and O–H groups in total. The minimum atomic E-state index is -0.509. The van der Waals surface area contributed by atoms with Gasteiger partial charge in [-0.05, 0) is 38.8 Å². The van der Waals surface area contributed by atoms with Crippen LogP contribution in [-0.2, 0) is 9.53 Å². The number of aromatic nitrogens is 1. The average Bonchev–Trinajstić information content (AvgIpc) is 3.02. The first kappa shape index (κ1) is 18.1. The molecule has 0 saturated carbocycles. The summed E-state index contributed by atoms with van der Waals surface area (Å²) in [5.41, 5.74) is 1.15. The number of benzene rings is 1. The maximum atomic E-state index is 13.0. The van der Waals surface area contributed by atoms with Gasteiger partial charge in [-0.15, -0.1) is 11.3 Å². The third-order valence-corrected chi connectivity index (χ3v) is 6.30. The molecule has 2 amide bonds. The van der Waals surface area contributed by atoms with Crippen LogP contribution in [0.1, 0.15) is 33.2 Å². The third kappa shape index (κ3) is 3.49. The van der Waals surface area contributed by atoms with Gasteiger partial charge in [0.2, 0.25) is 0 Å². The highest BCUT2D eigenvalue weighted by molar-refractivity contribution is 7.13. The van der Waals surface area contributed by atoms with Crippen LogP contribution < -0.4 is 4.90 Å². The van der Waals surface area contributed by atoms with Crippen LogP contribution in [0.15, 0.2) is 30.3 Å². The molecular weight excluding hydrogens is 362 g/mol. The van der Waals surface area contributed by atoms with Crippen molar-refractivity contribution in [3.05, 3.63) is 45.9 Å². The largest absolute Gasteiger partial charge is 0.361 e. The maximum absolute atomic E-state index is 13.0. The van der Waals surface area contributed by atoms with Gasteiger partial charge in [0.15, 0.2) is 0 Å². The molecule has 3 heterocycles. The van der Waals surface area contributed by atoms with Gasteiger partial charge in [-0.1, -0.05) is 18.2 Å². The molecule has 4 rings (SSSR count). The quantitative estimate of drug-likeness (QED) is 0.798. The molecule has 2 aliphatic rings. The highest BCUT2D eigenvalue weighted by Gasteiger charge is 2.44. The minimum Gasteiger partial charge on any atom is -0.361 e. The molecule has 1 aromatic heterocycles. The lowest BCUT2D eigenvalue weighted by atomic mass is 9.90. The van der Waals surface area contributed by atoms with Crippen molar-refractivity contribution in [3.63, 3.8) is 0 Å².